The molecular formula is C21H32N4O3S. The standard InChI is InChI=1S/C21H32N4O3S/c1-16(23-10-12-24(13-11-23)20(27)18-8-5-14-28-18)19(26)25(21-22-9-15-29-21)17-6-3-2-4-7-17/h9,15-18H,2-8,10-14H2,1H3. The zero-order valence-electron chi connectivity index (χ0n) is 17.3. The molecule has 29 heavy (non-hydrogen) atoms. The number of hydrogen-bond donors (Lipinski definition) is 0. The molecule has 7 nitrogen and oxygen atoms in total. The second-order valence-corrected chi connectivity index (χ2v) is 9.23. The number of carbonyl (C=O) groups excluding carboxylic acids is 2. The molecule has 0 N–H and O–H groups in total. The van der Waals surface area contributed by atoms with Crippen molar-refractivity contribution in [3.8, 4) is 0 Å². The Morgan fingerprint density at radius 1 is 1.14 bits per heavy atom. The van der Waals surface area contributed by atoms with E-state index in [1.54, 1.807) is 17.5 Å². The molecule has 0 radical (unpaired) electrons. The fourth-order valence-corrected chi connectivity index (χ4v) is 5.49. The molecule has 0 aromatic carbocycles. The van der Waals surface area contributed by atoms with Gasteiger partial charge in [0.05, 0.1) is 6.04 Å². The first-order valence-electron chi connectivity index (χ1n) is 11.0. The Balaban J connectivity index is 1.38. The number of piperazine rings is 1. The highest BCUT2D eigenvalue weighted by molar-refractivity contribution is 7.13. The summed E-state index contributed by atoms with van der Waals surface area (Å²) in [6, 6.07) is 0.0491. The normalized spacial score (nSPS) is 25.1. The van der Waals surface area contributed by atoms with E-state index in [9.17, 15) is 9.59 Å². The van der Waals surface area contributed by atoms with Crippen LogP contribution >= 0.6 is 11.3 Å². The van der Waals surface area contributed by atoms with Crippen LogP contribution in [0.15, 0.2) is 11.6 Å². The molecule has 3 heterocycles. The molecule has 1 saturated carbocycles. The Hall–Kier alpha value is -1.51. The van der Waals surface area contributed by atoms with Gasteiger partial charge in [0.25, 0.3) is 5.91 Å². The minimum Gasteiger partial charge on any atom is -0.368 e. The van der Waals surface area contributed by atoms with Crippen LogP contribution in [0.5, 0.6) is 0 Å². The Kier molecular flexibility index (Phi) is 6.82. The van der Waals surface area contributed by atoms with Gasteiger partial charge in [0, 0.05) is 50.4 Å². The summed E-state index contributed by atoms with van der Waals surface area (Å²) in [6.45, 7) is 5.47. The van der Waals surface area contributed by atoms with Crippen LogP contribution in [0.1, 0.15) is 51.9 Å². The van der Waals surface area contributed by atoms with Crippen molar-refractivity contribution in [3.63, 3.8) is 0 Å². The number of ether oxygens (including phenoxy) is 1. The zero-order chi connectivity index (χ0) is 20.2. The van der Waals surface area contributed by atoms with Crippen molar-refractivity contribution < 1.29 is 14.3 Å². The number of nitrogens with zero attached hydrogens (tertiary/aromatic N) is 4. The molecule has 8 heteroatoms. The van der Waals surface area contributed by atoms with Gasteiger partial charge >= 0.3 is 0 Å². The van der Waals surface area contributed by atoms with Gasteiger partial charge in [0.15, 0.2) is 5.13 Å². The van der Waals surface area contributed by atoms with Crippen molar-refractivity contribution in [2.45, 2.75) is 70.1 Å². The van der Waals surface area contributed by atoms with Crippen LogP contribution in [0.2, 0.25) is 0 Å². The molecule has 2 aliphatic heterocycles. The number of hydrogen-bond acceptors (Lipinski definition) is 6. The van der Waals surface area contributed by atoms with Gasteiger partial charge in [-0.25, -0.2) is 4.98 Å². The lowest BCUT2D eigenvalue weighted by molar-refractivity contribution is -0.143. The number of anilines is 1. The maximum absolute atomic E-state index is 13.5. The Morgan fingerprint density at radius 2 is 1.90 bits per heavy atom. The maximum atomic E-state index is 13.5. The molecule has 1 aromatic heterocycles. The Bertz CT molecular complexity index is 678. The van der Waals surface area contributed by atoms with Crippen molar-refractivity contribution in [3.05, 3.63) is 11.6 Å². The number of amides is 2. The summed E-state index contributed by atoms with van der Waals surface area (Å²) in [4.78, 5) is 36.6. The number of carbonyl (C=O) groups is 2. The molecule has 0 bridgehead atoms. The van der Waals surface area contributed by atoms with E-state index in [2.05, 4.69) is 9.88 Å². The summed E-state index contributed by atoms with van der Waals surface area (Å²) in [5.74, 6) is 0.263. The maximum Gasteiger partial charge on any atom is 0.251 e. The monoisotopic (exact) mass is 420 g/mol. The predicted octanol–water partition coefficient (Wildman–Crippen LogP) is 2.52. The first kappa shape index (κ1) is 20.8. The molecule has 3 fully saturated rings. The van der Waals surface area contributed by atoms with Crippen molar-refractivity contribution in [2.24, 2.45) is 0 Å². The molecule has 160 valence electrons. The highest BCUT2D eigenvalue weighted by Crippen LogP contribution is 2.30. The van der Waals surface area contributed by atoms with Crippen LogP contribution in [0.3, 0.4) is 0 Å². The van der Waals surface area contributed by atoms with E-state index in [-0.39, 0.29) is 30.0 Å². The molecule has 0 spiro atoms. The van der Waals surface area contributed by atoms with E-state index in [4.69, 9.17) is 4.74 Å². The van der Waals surface area contributed by atoms with Crippen LogP contribution in [-0.2, 0) is 14.3 Å². The Labute approximate surface area is 177 Å². The number of aromatic nitrogens is 1. The van der Waals surface area contributed by atoms with Crippen molar-refractivity contribution in [1.29, 1.82) is 0 Å². The minimum atomic E-state index is -0.257. The molecule has 1 aromatic rings. The molecule has 2 unspecified atom stereocenters. The first-order chi connectivity index (χ1) is 14.1. The smallest absolute Gasteiger partial charge is 0.251 e. The van der Waals surface area contributed by atoms with E-state index in [0.717, 1.165) is 43.9 Å². The van der Waals surface area contributed by atoms with Crippen LogP contribution in [-0.4, -0.2) is 77.6 Å². The summed E-state index contributed by atoms with van der Waals surface area (Å²) < 4.78 is 5.55. The van der Waals surface area contributed by atoms with Gasteiger partial charge < -0.3 is 9.64 Å². The van der Waals surface area contributed by atoms with Gasteiger partial charge in [-0.3, -0.25) is 19.4 Å². The van der Waals surface area contributed by atoms with Gasteiger partial charge in [-0.1, -0.05) is 19.3 Å². The van der Waals surface area contributed by atoms with Crippen molar-refractivity contribution >= 4 is 28.3 Å². The number of rotatable bonds is 5. The molecule has 2 amide bonds. The zero-order valence-corrected chi connectivity index (χ0v) is 18.1. The molecule has 2 saturated heterocycles. The second kappa shape index (κ2) is 9.53. The lowest BCUT2D eigenvalue weighted by atomic mass is 9.94. The average molecular weight is 421 g/mol. The summed E-state index contributed by atoms with van der Waals surface area (Å²) in [6.07, 6.45) is 9.05. The third-order valence-electron chi connectivity index (χ3n) is 6.54. The van der Waals surface area contributed by atoms with Crippen LogP contribution in [0.4, 0.5) is 5.13 Å². The van der Waals surface area contributed by atoms with Gasteiger partial charge in [-0.2, -0.15) is 0 Å². The van der Waals surface area contributed by atoms with E-state index in [1.807, 2.05) is 22.1 Å². The van der Waals surface area contributed by atoms with E-state index < -0.39 is 0 Å². The fraction of sp³-hybridized carbons (Fsp3) is 0.762. The van der Waals surface area contributed by atoms with Crippen molar-refractivity contribution in [2.75, 3.05) is 37.7 Å². The molecule has 3 aliphatic rings. The SMILES string of the molecule is CC(C(=O)N(c1nccs1)C1CCCCC1)N1CCN(C(=O)C2CCCO2)CC1. The third kappa shape index (κ3) is 4.64. The van der Waals surface area contributed by atoms with E-state index >= 15 is 0 Å². The van der Waals surface area contributed by atoms with Crippen LogP contribution in [0, 0.1) is 0 Å². The van der Waals surface area contributed by atoms with E-state index in [0.29, 0.717) is 19.7 Å². The molecular weight excluding hydrogens is 388 g/mol. The van der Waals surface area contributed by atoms with Gasteiger partial charge in [0.1, 0.15) is 6.10 Å². The fourth-order valence-electron chi connectivity index (χ4n) is 4.77. The minimum absolute atomic E-state index is 0.118. The largest absolute Gasteiger partial charge is 0.368 e. The predicted molar refractivity (Wildman–Crippen MR) is 113 cm³/mol. The number of thiazole rings is 1. The summed E-state index contributed by atoms with van der Waals surface area (Å²) >= 11 is 1.54. The van der Waals surface area contributed by atoms with Crippen LogP contribution in [0.25, 0.3) is 0 Å². The van der Waals surface area contributed by atoms with Crippen molar-refractivity contribution in [1.82, 2.24) is 14.8 Å². The molecule has 2 atom stereocenters. The quantitative estimate of drug-likeness (QED) is 0.732. The van der Waals surface area contributed by atoms with Crippen LogP contribution < -0.4 is 4.90 Å². The summed E-state index contributed by atoms with van der Waals surface area (Å²) in [5.41, 5.74) is 0. The highest BCUT2D eigenvalue weighted by Gasteiger charge is 2.36. The average Bonchev–Trinajstić information content (AvgIpc) is 3.48. The highest BCUT2D eigenvalue weighted by atomic mass is 32.1. The van der Waals surface area contributed by atoms with E-state index in [1.165, 1.54) is 19.3 Å². The third-order valence-corrected chi connectivity index (χ3v) is 7.31. The lowest BCUT2D eigenvalue weighted by Gasteiger charge is -2.41. The van der Waals surface area contributed by atoms with Gasteiger partial charge in [-0.05, 0) is 32.6 Å². The summed E-state index contributed by atoms with van der Waals surface area (Å²) in [7, 11) is 0. The summed E-state index contributed by atoms with van der Waals surface area (Å²) in [5, 5.41) is 2.76. The molecule has 4 rings (SSSR count). The second-order valence-electron chi connectivity index (χ2n) is 8.35. The molecule has 1 aliphatic carbocycles. The van der Waals surface area contributed by atoms with Gasteiger partial charge in [0.2, 0.25) is 5.91 Å². The van der Waals surface area contributed by atoms with Gasteiger partial charge in [-0.15, -0.1) is 11.3 Å². The Morgan fingerprint density at radius 3 is 2.52 bits per heavy atom. The first-order valence-corrected chi connectivity index (χ1v) is 11.9. The topological polar surface area (TPSA) is 66.0 Å². The lowest BCUT2D eigenvalue weighted by Crippen LogP contribution is -2.58.